The summed E-state index contributed by atoms with van der Waals surface area (Å²) in [5, 5.41) is 9.70. The van der Waals surface area contributed by atoms with Crippen LogP contribution in [0.15, 0.2) is 60.9 Å². The second-order valence-electron chi connectivity index (χ2n) is 5.66. The fourth-order valence-electron chi connectivity index (χ4n) is 2.44. The summed E-state index contributed by atoms with van der Waals surface area (Å²) in [5.41, 5.74) is 3.40. The van der Waals surface area contributed by atoms with Crippen LogP contribution in [0.5, 0.6) is 0 Å². The van der Waals surface area contributed by atoms with E-state index in [1.165, 1.54) is 13.3 Å². The van der Waals surface area contributed by atoms with Crippen LogP contribution in [0.25, 0.3) is 5.69 Å². The second kappa shape index (κ2) is 7.52. The van der Waals surface area contributed by atoms with Gasteiger partial charge in [0.2, 0.25) is 0 Å². The molecule has 0 bridgehead atoms. The summed E-state index contributed by atoms with van der Waals surface area (Å²) in [4.78, 5) is 23.7. The van der Waals surface area contributed by atoms with Crippen molar-refractivity contribution in [3.8, 4) is 5.69 Å². The first-order valence-electron chi connectivity index (χ1n) is 7.93. The maximum atomic E-state index is 12.1. The first-order valence-corrected chi connectivity index (χ1v) is 7.93. The molecule has 3 aromatic rings. The average molecular weight is 350 g/mol. The molecule has 0 fully saturated rings. The van der Waals surface area contributed by atoms with E-state index in [9.17, 15) is 9.59 Å². The Morgan fingerprint density at radius 2 is 1.81 bits per heavy atom. The lowest BCUT2D eigenvalue weighted by molar-refractivity contribution is 0.0600. The molecule has 0 aliphatic rings. The van der Waals surface area contributed by atoms with Crippen molar-refractivity contribution in [2.45, 2.75) is 6.92 Å². The lowest BCUT2D eigenvalue weighted by Crippen LogP contribution is -2.19. The average Bonchev–Trinajstić information content (AvgIpc) is 3.09. The molecule has 0 aliphatic heterocycles. The van der Waals surface area contributed by atoms with Gasteiger partial charge in [-0.25, -0.2) is 14.3 Å². The molecule has 0 saturated heterocycles. The Kier molecular flexibility index (Phi) is 4.98. The van der Waals surface area contributed by atoms with Gasteiger partial charge in [-0.1, -0.05) is 18.2 Å². The highest BCUT2D eigenvalue weighted by molar-refractivity contribution is 5.99. The molecule has 0 aliphatic carbocycles. The quantitative estimate of drug-likeness (QED) is 0.704. The number of esters is 1. The van der Waals surface area contributed by atoms with Gasteiger partial charge in [0.05, 0.1) is 36.4 Å². The molecule has 0 unspecified atom stereocenters. The zero-order valence-corrected chi connectivity index (χ0v) is 14.4. The highest BCUT2D eigenvalue weighted by atomic mass is 16.5. The topological polar surface area (TPSA) is 85.2 Å². The van der Waals surface area contributed by atoms with E-state index in [0.29, 0.717) is 22.6 Å². The van der Waals surface area contributed by atoms with Crippen LogP contribution < -0.4 is 10.6 Å². The maximum Gasteiger partial charge on any atom is 0.337 e. The number of aromatic nitrogens is 2. The number of hydrogen-bond acceptors (Lipinski definition) is 4. The van der Waals surface area contributed by atoms with Crippen molar-refractivity contribution >= 4 is 23.4 Å². The summed E-state index contributed by atoms with van der Waals surface area (Å²) in [6.45, 7) is 1.95. The monoisotopic (exact) mass is 350 g/mol. The number of urea groups is 1. The number of carbonyl (C=O) groups is 2. The van der Waals surface area contributed by atoms with Gasteiger partial charge in [-0.05, 0) is 42.8 Å². The van der Waals surface area contributed by atoms with Gasteiger partial charge in [0, 0.05) is 5.69 Å². The Hall–Kier alpha value is -3.61. The molecule has 7 heteroatoms. The Labute approximate surface area is 150 Å². The smallest absolute Gasteiger partial charge is 0.337 e. The van der Waals surface area contributed by atoms with Crippen molar-refractivity contribution in [3.05, 3.63) is 72.1 Å². The first kappa shape index (κ1) is 17.2. The van der Waals surface area contributed by atoms with Crippen molar-refractivity contribution in [2.24, 2.45) is 0 Å². The van der Waals surface area contributed by atoms with Crippen LogP contribution in [0.4, 0.5) is 16.2 Å². The maximum absolute atomic E-state index is 12.1. The van der Waals surface area contributed by atoms with Gasteiger partial charge in [0.25, 0.3) is 0 Å². The number of aryl methyl sites for hydroxylation is 1. The summed E-state index contributed by atoms with van der Waals surface area (Å²) in [6, 6.07) is 14.0. The standard InChI is InChI=1S/C19H18N4O3/c1-13-5-3-7-15(9-13)21-19(25)22-16-11-20-23(12-16)17-8-4-6-14(10-17)18(24)26-2/h3-12H,1-2H3,(H2,21,22,25). The van der Waals surface area contributed by atoms with Gasteiger partial charge >= 0.3 is 12.0 Å². The molecular formula is C19H18N4O3. The second-order valence-corrected chi connectivity index (χ2v) is 5.66. The molecule has 1 heterocycles. The Morgan fingerprint density at radius 1 is 1.04 bits per heavy atom. The lowest BCUT2D eigenvalue weighted by Gasteiger charge is -2.06. The minimum Gasteiger partial charge on any atom is -0.465 e. The first-order chi connectivity index (χ1) is 12.5. The van der Waals surface area contributed by atoms with E-state index in [1.54, 1.807) is 35.1 Å². The predicted molar refractivity (Wildman–Crippen MR) is 98.7 cm³/mol. The van der Waals surface area contributed by atoms with Gasteiger partial charge < -0.3 is 15.4 Å². The van der Waals surface area contributed by atoms with E-state index in [1.807, 2.05) is 31.2 Å². The number of rotatable bonds is 4. The van der Waals surface area contributed by atoms with Gasteiger partial charge in [0.15, 0.2) is 0 Å². The molecular weight excluding hydrogens is 332 g/mol. The molecule has 2 amide bonds. The summed E-state index contributed by atoms with van der Waals surface area (Å²) >= 11 is 0. The predicted octanol–water partition coefficient (Wildman–Crippen LogP) is 3.61. The van der Waals surface area contributed by atoms with Crippen LogP contribution in [0.1, 0.15) is 15.9 Å². The van der Waals surface area contributed by atoms with Crippen LogP contribution in [0.2, 0.25) is 0 Å². The molecule has 1 aromatic heterocycles. The zero-order valence-electron chi connectivity index (χ0n) is 14.4. The molecule has 2 aromatic carbocycles. The minimum atomic E-state index is -0.421. The normalized spacial score (nSPS) is 10.2. The molecule has 132 valence electrons. The van der Waals surface area contributed by atoms with E-state index in [4.69, 9.17) is 4.74 Å². The van der Waals surface area contributed by atoms with Crippen molar-refractivity contribution in [1.29, 1.82) is 0 Å². The van der Waals surface area contributed by atoms with E-state index in [0.717, 1.165) is 5.56 Å². The van der Waals surface area contributed by atoms with Gasteiger partial charge in [0.1, 0.15) is 0 Å². The highest BCUT2D eigenvalue weighted by Gasteiger charge is 2.09. The summed E-state index contributed by atoms with van der Waals surface area (Å²) in [6.07, 6.45) is 3.19. The van der Waals surface area contributed by atoms with Crippen molar-refractivity contribution in [2.75, 3.05) is 17.7 Å². The fourth-order valence-corrected chi connectivity index (χ4v) is 2.44. The molecule has 0 spiro atoms. The number of ether oxygens (including phenoxy) is 1. The van der Waals surface area contributed by atoms with E-state index in [2.05, 4.69) is 15.7 Å². The third-order valence-electron chi connectivity index (χ3n) is 3.65. The third-order valence-corrected chi connectivity index (χ3v) is 3.65. The molecule has 0 atom stereocenters. The lowest BCUT2D eigenvalue weighted by atomic mass is 10.2. The van der Waals surface area contributed by atoms with Crippen LogP contribution in [-0.2, 0) is 4.74 Å². The minimum absolute atomic E-state index is 0.363. The number of carbonyl (C=O) groups excluding carboxylic acids is 2. The van der Waals surface area contributed by atoms with Crippen molar-refractivity contribution < 1.29 is 14.3 Å². The van der Waals surface area contributed by atoms with Gasteiger partial charge in [-0.2, -0.15) is 5.10 Å². The van der Waals surface area contributed by atoms with E-state index >= 15 is 0 Å². The van der Waals surface area contributed by atoms with Crippen LogP contribution >= 0.6 is 0 Å². The number of hydrogen-bond donors (Lipinski definition) is 2. The number of methoxy groups -OCH3 is 1. The van der Waals surface area contributed by atoms with Crippen LogP contribution in [-0.4, -0.2) is 28.9 Å². The molecule has 26 heavy (non-hydrogen) atoms. The number of amides is 2. The van der Waals surface area contributed by atoms with Crippen LogP contribution in [0, 0.1) is 6.92 Å². The van der Waals surface area contributed by atoms with Gasteiger partial charge in [-0.15, -0.1) is 0 Å². The highest BCUT2D eigenvalue weighted by Crippen LogP contribution is 2.15. The molecule has 0 radical (unpaired) electrons. The Bertz CT molecular complexity index is 949. The third kappa shape index (κ3) is 4.07. The van der Waals surface area contributed by atoms with E-state index < -0.39 is 5.97 Å². The summed E-state index contributed by atoms with van der Waals surface area (Å²) in [5.74, 6) is -0.421. The zero-order chi connectivity index (χ0) is 18.5. The van der Waals surface area contributed by atoms with Crippen molar-refractivity contribution in [1.82, 2.24) is 9.78 Å². The Balaban J connectivity index is 1.70. The molecule has 2 N–H and O–H groups in total. The number of anilines is 2. The van der Waals surface area contributed by atoms with E-state index in [-0.39, 0.29) is 6.03 Å². The largest absolute Gasteiger partial charge is 0.465 e. The van der Waals surface area contributed by atoms with Crippen LogP contribution in [0.3, 0.4) is 0 Å². The Morgan fingerprint density at radius 3 is 2.58 bits per heavy atom. The summed E-state index contributed by atoms with van der Waals surface area (Å²) in [7, 11) is 1.33. The molecule has 7 nitrogen and oxygen atoms in total. The van der Waals surface area contributed by atoms with Crippen molar-refractivity contribution in [3.63, 3.8) is 0 Å². The SMILES string of the molecule is COC(=O)c1cccc(-n2cc(NC(=O)Nc3cccc(C)c3)cn2)c1. The fraction of sp³-hybridized carbons (Fsp3) is 0.105. The molecule has 0 saturated carbocycles. The molecule has 3 rings (SSSR count). The number of nitrogens with zero attached hydrogens (tertiary/aromatic N) is 2. The summed E-state index contributed by atoms with van der Waals surface area (Å²) < 4.78 is 6.28. The number of nitrogens with one attached hydrogen (secondary N) is 2. The van der Waals surface area contributed by atoms with Gasteiger partial charge in [-0.3, -0.25) is 0 Å². The number of benzene rings is 2.